The number of aryl methyl sites for hydroxylation is 2. The molecule has 1 aromatic heterocycles. The van der Waals surface area contributed by atoms with E-state index in [0.717, 1.165) is 12.1 Å². The summed E-state index contributed by atoms with van der Waals surface area (Å²) in [6.07, 6.45) is 0. The molecular formula is C11H15N3. The number of hydrogen-bond acceptors (Lipinski definition) is 2. The highest BCUT2D eigenvalue weighted by atomic mass is 15.3. The first kappa shape index (κ1) is 9.21. The summed E-state index contributed by atoms with van der Waals surface area (Å²) in [5.74, 6) is 0. The van der Waals surface area contributed by atoms with Gasteiger partial charge in [0.15, 0.2) is 0 Å². The molecule has 3 heteroatoms. The third-order valence-corrected chi connectivity index (χ3v) is 2.57. The van der Waals surface area contributed by atoms with E-state index in [4.69, 9.17) is 5.73 Å². The molecule has 0 saturated heterocycles. The van der Waals surface area contributed by atoms with E-state index in [1.807, 2.05) is 16.8 Å². The van der Waals surface area contributed by atoms with Gasteiger partial charge in [0.25, 0.3) is 0 Å². The zero-order chi connectivity index (χ0) is 10.1. The number of rotatable bonds is 2. The molecule has 2 aromatic rings. The average molecular weight is 189 g/mol. The van der Waals surface area contributed by atoms with Crippen molar-refractivity contribution in [3.63, 3.8) is 0 Å². The van der Waals surface area contributed by atoms with Crippen molar-refractivity contribution in [2.24, 2.45) is 5.73 Å². The van der Waals surface area contributed by atoms with E-state index in [1.54, 1.807) is 0 Å². The summed E-state index contributed by atoms with van der Waals surface area (Å²) < 4.78 is 1.98. The molecule has 14 heavy (non-hydrogen) atoms. The Bertz CT molecular complexity index is 457. The SMILES string of the molecule is Cc1cccc2nn(CCN)c(C)c12. The Morgan fingerprint density at radius 1 is 1.36 bits per heavy atom. The van der Waals surface area contributed by atoms with Crippen LogP contribution in [0.2, 0.25) is 0 Å². The highest BCUT2D eigenvalue weighted by Crippen LogP contribution is 2.20. The van der Waals surface area contributed by atoms with Gasteiger partial charge in [-0.25, -0.2) is 0 Å². The number of fused-ring (bicyclic) bond motifs is 1. The van der Waals surface area contributed by atoms with Crippen LogP contribution in [-0.2, 0) is 6.54 Å². The van der Waals surface area contributed by atoms with E-state index < -0.39 is 0 Å². The standard InChI is InChI=1S/C11H15N3/c1-8-4-3-5-10-11(8)9(2)14(13-10)7-6-12/h3-5H,6-7,12H2,1-2H3. The van der Waals surface area contributed by atoms with E-state index in [-0.39, 0.29) is 0 Å². The Kier molecular flexibility index (Phi) is 2.25. The van der Waals surface area contributed by atoms with Crippen molar-refractivity contribution < 1.29 is 0 Å². The maximum atomic E-state index is 5.53. The van der Waals surface area contributed by atoms with Crippen LogP contribution in [0.1, 0.15) is 11.3 Å². The van der Waals surface area contributed by atoms with Gasteiger partial charge in [-0.3, -0.25) is 4.68 Å². The first-order valence-electron chi connectivity index (χ1n) is 4.87. The lowest BCUT2D eigenvalue weighted by molar-refractivity contribution is 0.614. The lowest BCUT2D eigenvalue weighted by Crippen LogP contribution is -2.12. The zero-order valence-electron chi connectivity index (χ0n) is 8.62. The van der Waals surface area contributed by atoms with Crippen LogP contribution in [-0.4, -0.2) is 16.3 Å². The fourth-order valence-corrected chi connectivity index (χ4v) is 1.88. The lowest BCUT2D eigenvalue weighted by atomic mass is 10.1. The van der Waals surface area contributed by atoms with E-state index >= 15 is 0 Å². The van der Waals surface area contributed by atoms with Crippen LogP contribution in [0.25, 0.3) is 10.9 Å². The highest BCUT2D eigenvalue weighted by molar-refractivity contribution is 5.84. The minimum Gasteiger partial charge on any atom is -0.329 e. The first-order valence-corrected chi connectivity index (χ1v) is 4.87. The molecular weight excluding hydrogens is 174 g/mol. The summed E-state index contributed by atoms with van der Waals surface area (Å²) in [4.78, 5) is 0. The highest BCUT2D eigenvalue weighted by Gasteiger charge is 2.07. The molecule has 0 aliphatic carbocycles. The molecule has 0 fully saturated rings. The molecule has 0 aliphatic heterocycles. The van der Waals surface area contributed by atoms with Gasteiger partial charge in [-0.2, -0.15) is 5.10 Å². The molecule has 1 heterocycles. The molecule has 0 spiro atoms. The van der Waals surface area contributed by atoms with Crippen LogP contribution in [0.4, 0.5) is 0 Å². The van der Waals surface area contributed by atoms with Gasteiger partial charge >= 0.3 is 0 Å². The number of hydrogen-bond donors (Lipinski definition) is 1. The van der Waals surface area contributed by atoms with Crippen LogP contribution >= 0.6 is 0 Å². The molecule has 0 saturated carbocycles. The predicted octanol–water partition coefficient (Wildman–Crippen LogP) is 1.61. The van der Waals surface area contributed by atoms with Gasteiger partial charge in [0.2, 0.25) is 0 Å². The van der Waals surface area contributed by atoms with Crippen molar-refractivity contribution in [2.75, 3.05) is 6.54 Å². The number of nitrogens with two attached hydrogens (primary N) is 1. The van der Waals surface area contributed by atoms with Crippen molar-refractivity contribution in [1.29, 1.82) is 0 Å². The second-order valence-corrected chi connectivity index (χ2v) is 3.57. The van der Waals surface area contributed by atoms with Crippen LogP contribution in [0, 0.1) is 13.8 Å². The quantitative estimate of drug-likeness (QED) is 0.780. The van der Waals surface area contributed by atoms with E-state index in [0.29, 0.717) is 6.54 Å². The number of nitrogens with zero attached hydrogens (tertiary/aromatic N) is 2. The summed E-state index contributed by atoms with van der Waals surface area (Å²) in [5, 5.41) is 5.76. The minimum atomic E-state index is 0.633. The Morgan fingerprint density at radius 2 is 2.14 bits per heavy atom. The molecule has 0 atom stereocenters. The van der Waals surface area contributed by atoms with Gasteiger partial charge < -0.3 is 5.73 Å². The summed E-state index contributed by atoms with van der Waals surface area (Å²) in [6, 6.07) is 6.20. The second kappa shape index (κ2) is 3.42. The molecule has 1 aromatic carbocycles. The summed E-state index contributed by atoms with van der Waals surface area (Å²) >= 11 is 0. The van der Waals surface area contributed by atoms with Crippen molar-refractivity contribution in [3.8, 4) is 0 Å². The Balaban J connectivity index is 2.68. The summed E-state index contributed by atoms with van der Waals surface area (Å²) in [6.45, 7) is 5.63. The Hall–Kier alpha value is -1.35. The summed E-state index contributed by atoms with van der Waals surface area (Å²) in [5.41, 5.74) is 9.09. The van der Waals surface area contributed by atoms with Gasteiger partial charge in [-0.05, 0) is 25.5 Å². The molecule has 2 rings (SSSR count). The number of aromatic nitrogens is 2. The second-order valence-electron chi connectivity index (χ2n) is 3.57. The number of benzene rings is 1. The van der Waals surface area contributed by atoms with E-state index in [2.05, 4.69) is 25.0 Å². The minimum absolute atomic E-state index is 0.633. The lowest BCUT2D eigenvalue weighted by Gasteiger charge is -2.00. The first-order chi connectivity index (χ1) is 6.74. The fraction of sp³-hybridized carbons (Fsp3) is 0.364. The van der Waals surface area contributed by atoms with Gasteiger partial charge in [-0.1, -0.05) is 12.1 Å². The van der Waals surface area contributed by atoms with E-state index in [1.165, 1.54) is 16.6 Å². The molecule has 0 bridgehead atoms. The molecule has 0 unspecified atom stereocenters. The van der Waals surface area contributed by atoms with Gasteiger partial charge in [-0.15, -0.1) is 0 Å². The van der Waals surface area contributed by atoms with Crippen molar-refractivity contribution in [3.05, 3.63) is 29.5 Å². The molecule has 0 aliphatic rings. The molecule has 74 valence electrons. The molecule has 3 nitrogen and oxygen atoms in total. The molecule has 0 radical (unpaired) electrons. The molecule has 2 N–H and O–H groups in total. The van der Waals surface area contributed by atoms with Crippen molar-refractivity contribution in [2.45, 2.75) is 20.4 Å². The summed E-state index contributed by atoms with van der Waals surface area (Å²) in [7, 11) is 0. The largest absolute Gasteiger partial charge is 0.329 e. The monoisotopic (exact) mass is 189 g/mol. The third kappa shape index (κ3) is 1.30. The van der Waals surface area contributed by atoms with Crippen molar-refractivity contribution >= 4 is 10.9 Å². The van der Waals surface area contributed by atoms with E-state index in [9.17, 15) is 0 Å². The maximum absolute atomic E-state index is 5.53. The van der Waals surface area contributed by atoms with Gasteiger partial charge in [0.1, 0.15) is 0 Å². The molecule has 0 amide bonds. The maximum Gasteiger partial charge on any atom is 0.0928 e. The van der Waals surface area contributed by atoms with Crippen molar-refractivity contribution in [1.82, 2.24) is 9.78 Å². The predicted molar refractivity (Wildman–Crippen MR) is 58.3 cm³/mol. The normalized spacial score (nSPS) is 11.1. The smallest absolute Gasteiger partial charge is 0.0928 e. The van der Waals surface area contributed by atoms with Crippen LogP contribution in [0.5, 0.6) is 0 Å². The topological polar surface area (TPSA) is 43.8 Å². The van der Waals surface area contributed by atoms with Crippen LogP contribution in [0.15, 0.2) is 18.2 Å². The van der Waals surface area contributed by atoms with Gasteiger partial charge in [0, 0.05) is 17.6 Å². The Morgan fingerprint density at radius 3 is 2.79 bits per heavy atom. The zero-order valence-corrected chi connectivity index (χ0v) is 8.62. The van der Waals surface area contributed by atoms with Crippen LogP contribution in [0.3, 0.4) is 0 Å². The van der Waals surface area contributed by atoms with Crippen LogP contribution < -0.4 is 5.73 Å². The fourth-order valence-electron chi connectivity index (χ4n) is 1.88. The average Bonchev–Trinajstić information content (AvgIpc) is 2.46. The Labute approximate surface area is 83.5 Å². The van der Waals surface area contributed by atoms with Gasteiger partial charge in [0.05, 0.1) is 12.1 Å². The third-order valence-electron chi connectivity index (χ3n) is 2.57.